The first kappa shape index (κ1) is 12.2. The standard InChI is InChI=1S/C12H22N2OS/c1-4-10-9(5-6-15-10)7-13-11-14-12(2,3)8-16-11/h9-10H,4-8H2,1-3H3,(H,13,14). The number of aliphatic imine (C=N–C) groups is 1. The molecular formula is C12H22N2OS. The summed E-state index contributed by atoms with van der Waals surface area (Å²) in [6.07, 6.45) is 2.72. The summed E-state index contributed by atoms with van der Waals surface area (Å²) in [5.74, 6) is 1.74. The van der Waals surface area contributed by atoms with Crippen molar-refractivity contribution >= 4 is 16.9 Å². The number of hydrogen-bond donors (Lipinski definition) is 1. The third-order valence-electron chi connectivity index (χ3n) is 3.23. The summed E-state index contributed by atoms with van der Waals surface area (Å²) in [6, 6.07) is 0. The molecule has 2 fully saturated rings. The van der Waals surface area contributed by atoms with Crippen molar-refractivity contribution in [3.05, 3.63) is 0 Å². The molecule has 2 saturated heterocycles. The van der Waals surface area contributed by atoms with Crippen molar-refractivity contribution in [2.45, 2.75) is 45.3 Å². The fourth-order valence-electron chi connectivity index (χ4n) is 2.25. The van der Waals surface area contributed by atoms with Crippen molar-refractivity contribution < 1.29 is 4.74 Å². The molecule has 0 saturated carbocycles. The minimum absolute atomic E-state index is 0.208. The van der Waals surface area contributed by atoms with Crippen LogP contribution in [0.4, 0.5) is 0 Å². The Morgan fingerprint density at radius 1 is 1.56 bits per heavy atom. The smallest absolute Gasteiger partial charge is 0.157 e. The van der Waals surface area contributed by atoms with Crippen molar-refractivity contribution in [3.8, 4) is 0 Å². The molecular weight excluding hydrogens is 220 g/mol. The minimum atomic E-state index is 0.208. The Bertz CT molecular complexity index is 278. The average molecular weight is 242 g/mol. The van der Waals surface area contributed by atoms with Gasteiger partial charge in [-0.2, -0.15) is 0 Å². The van der Waals surface area contributed by atoms with Gasteiger partial charge in [-0.25, -0.2) is 0 Å². The van der Waals surface area contributed by atoms with E-state index in [1.165, 1.54) is 6.42 Å². The fourth-order valence-corrected chi connectivity index (χ4v) is 3.33. The SMILES string of the molecule is CCC1OCCC1CN=C1NC(C)(C)CS1. The largest absolute Gasteiger partial charge is 0.378 e. The predicted molar refractivity (Wildman–Crippen MR) is 70.1 cm³/mol. The van der Waals surface area contributed by atoms with Gasteiger partial charge in [-0.15, -0.1) is 0 Å². The summed E-state index contributed by atoms with van der Waals surface area (Å²) in [5, 5.41) is 4.58. The third-order valence-corrected chi connectivity index (χ3v) is 4.60. The summed E-state index contributed by atoms with van der Waals surface area (Å²) < 4.78 is 5.67. The second-order valence-electron chi connectivity index (χ2n) is 5.31. The third kappa shape index (κ3) is 2.92. The molecule has 2 aliphatic heterocycles. The molecule has 0 aromatic carbocycles. The monoisotopic (exact) mass is 242 g/mol. The van der Waals surface area contributed by atoms with Crippen LogP contribution in [-0.4, -0.2) is 35.7 Å². The lowest BCUT2D eigenvalue weighted by Crippen LogP contribution is -2.37. The van der Waals surface area contributed by atoms with Gasteiger partial charge in [-0.05, 0) is 26.7 Å². The van der Waals surface area contributed by atoms with Crippen molar-refractivity contribution in [1.29, 1.82) is 0 Å². The first-order valence-electron chi connectivity index (χ1n) is 6.18. The number of rotatable bonds is 3. The molecule has 0 radical (unpaired) electrons. The molecule has 2 atom stereocenters. The van der Waals surface area contributed by atoms with Gasteiger partial charge < -0.3 is 10.1 Å². The molecule has 2 aliphatic rings. The van der Waals surface area contributed by atoms with Gasteiger partial charge in [-0.1, -0.05) is 18.7 Å². The molecule has 16 heavy (non-hydrogen) atoms. The Balaban J connectivity index is 1.85. The number of thioether (sulfide) groups is 1. The van der Waals surface area contributed by atoms with Gasteiger partial charge in [0.2, 0.25) is 0 Å². The first-order chi connectivity index (χ1) is 7.61. The topological polar surface area (TPSA) is 33.6 Å². The van der Waals surface area contributed by atoms with Gasteiger partial charge in [0.05, 0.1) is 6.10 Å². The molecule has 0 aromatic heterocycles. The van der Waals surface area contributed by atoms with Crippen LogP contribution in [-0.2, 0) is 4.74 Å². The van der Waals surface area contributed by atoms with Crippen LogP contribution in [0.15, 0.2) is 4.99 Å². The van der Waals surface area contributed by atoms with Crippen molar-refractivity contribution in [3.63, 3.8) is 0 Å². The maximum atomic E-state index is 5.67. The second-order valence-corrected chi connectivity index (χ2v) is 6.27. The molecule has 3 nitrogen and oxygen atoms in total. The van der Waals surface area contributed by atoms with E-state index in [4.69, 9.17) is 4.74 Å². The summed E-state index contributed by atoms with van der Waals surface area (Å²) in [4.78, 5) is 4.69. The van der Waals surface area contributed by atoms with Gasteiger partial charge in [0.25, 0.3) is 0 Å². The van der Waals surface area contributed by atoms with Crippen LogP contribution in [0.2, 0.25) is 0 Å². The molecule has 0 amide bonds. The maximum absolute atomic E-state index is 5.67. The highest BCUT2D eigenvalue weighted by Crippen LogP contribution is 2.26. The van der Waals surface area contributed by atoms with Gasteiger partial charge in [-0.3, -0.25) is 4.99 Å². The normalized spacial score (nSPS) is 35.6. The number of hydrogen-bond acceptors (Lipinski definition) is 3. The van der Waals surface area contributed by atoms with Crippen LogP contribution >= 0.6 is 11.8 Å². The van der Waals surface area contributed by atoms with E-state index in [1.54, 1.807) is 0 Å². The van der Waals surface area contributed by atoms with E-state index in [-0.39, 0.29) is 5.54 Å². The summed E-state index contributed by atoms with van der Waals surface area (Å²) in [6.45, 7) is 8.47. The fraction of sp³-hybridized carbons (Fsp3) is 0.917. The second kappa shape index (κ2) is 4.96. The highest BCUT2D eigenvalue weighted by molar-refractivity contribution is 8.14. The zero-order valence-corrected chi connectivity index (χ0v) is 11.3. The zero-order chi connectivity index (χ0) is 11.6. The Morgan fingerprint density at radius 2 is 2.38 bits per heavy atom. The van der Waals surface area contributed by atoms with Crippen molar-refractivity contribution in [2.75, 3.05) is 18.9 Å². The predicted octanol–water partition coefficient (Wildman–Crippen LogP) is 2.27. The number of nitrogens with zero attached hydrogens (tertiary/aromatic N) is 1. The lowest BCUT2D eigenvalue weighted by Gasteiger charge is -2.17. The molecule has 0 bridgehead atoms. The van der Waals surface area contributed by atoms with Crippen LogP contribution in [0, 0.1) is 5.92 Å². The molecule has 0 spiro atoms. The Kier molecular flexibility index (Phi) is 3.80. The van der Waals surface area contributed by atoms with E-state index in [0.717, 1.165) is 30.5 Å². The summed E-state index contributed by atoms with van der Waals surface area (Å²) >= 11 is 1.84. The van der Waals surface area contributed by atoms with E-state index < -0.39 is 0 Å². The molecule has 0 aliphatic carbocycles. The van der Waals surface area contributed by atoms with Gasteiger partial charge >= 0.3 is 0 Å². The summed E-state index contributed by atoms with van der Waals surface area (Å²) in [5.41, 5.74) is 0.208. The number of ether oxygens (including phenoxy) is 1. The Labute approximate surface area is 102 Å². The van der Waals surface area contributed by atoms with Crippen LogP contribution in [0.3, 0.4) is 0 Å². The molecule has 2 unspecified atom stereocenters. The van der Waals surface area contributed by atoms with Gasteiger partial charge in [0.1, 0.15) is 0 Å². The lowest BCUT2D eigenvalue weighted by atomic mass is 10.0. The molecule has 2 rings (SSSR count). The number of amidine groups is 1. The van der Waals surface area contributed by atoms with E-state index in [0.29, 0.717) is 12.0 Å². The highest BCUT2D eigenvalue weighted by atomic mass is 32.2. The quantitative estimate of drug-likeness (QED) is 0.824. The molecule has 2 heterocycles. The van der Waals surface area contributed by atoms with Crippen LogP contribution < -0.4 is 5.32 Å². The van der Waals surface area contributed by atoms with Crippen LogP contribution in [0.25, 0.3) is 0 Å². The maximum Gasteiger partial charge on any atom is 0.157 e. The van der Waals surface area contributed by atoms with Crippen LogP contribution in [0.5, 0.6) is 0 Å². The highest BCUT2D eigenvalue weighted by Gasteiger charge is 2.29. The first-order valence-corrected chi connectivity index (χ1v) is 7.16. The average Bonchev–Trinajstić information content (AvgIpc) is 2.81. The van der Waals surface area contributed by atoms with E-state index in [2.05, 4.69) is 31.1 Å². The van der Waals surface area contributed by atoms with E-state index >= 15 is 0 Å². The van der Waals surface area contributed by atoms with Crippen molar-refractivity contribution in [2.24, 2.45) is 10.9 Å². The summed E-state index contributed by atoms with van der Waals surface area (Å²) in [7, 11) is 0. The van der Waals surface area contributed by atoms with Crippen LogP contribution in [0.1, 0.15) is 33.6 Å². The molecule has 4 heteroatoms. The zero-order valence-electron chi connectivity index (χ0n) is 10.5. The molecule has 92 valence electrons. The number of nitrogens with one attached hydrogen (secondary N) is 1. The van der Waals surface area contributed by atoms with E-state index in [9.17, 15) is 0 Å². The van der Waals surface area contributed by atoms with Gasteiger partial charge in [0.15, 0.2) is 5.17 Å². The van der Waals surface area contributed by atoms with Gasteiger partial charge in [0, 0.05) is 30.4 Å². The van der Waals surface area contributed by atoms with E-state index in [1.807, 2.05) is 11.8 Å². The Morgan fingerprint density at radius 3 is 3.00 bits per heavy atom. The minimum Gasteiger partial charge on any atom is -0.378 e. The Hall–Kier alpha value is -0.220. The van der Waals surface area contributed by atoms with Crippen molar-refractivity contribution in [1.82, 2.24) is 5.32 Å². The molecule has 1 N–H and O–H groups in total. The lowest BCUT2D eigenvalue weighted by molar-refractivity contribution is 0.0893. The molecule has 0 aromatic rings.